The molecule has 3 nitrogen and oxygen atoms in total. The molecule has 1 N–H and O–H groups in total. The van der Waals surface area contributed by atoms with Gasteiger partial charge in [-0.05, 0) is 26.7 Å². The Morgan fingerprint density at radius 2 is 1.00 bits per heavy atom. The van der Waals surface area contributed by atoms with Crippen LogP contribution in [0.4, 0.5) is 0 Å². The third-order valence-electron chi connectivity index (χ3n) is 5.73. The second kappa shape index (κ2) is 20.7. The second-order valence-electron chi connectivity index (χ2n) is 8.23. The van der Waals surface area contributed by atoms with Gasteiger partial charge in [0.2, 0.25) is 0 Å². The van der Waals surface area contributed by atoms with Crippen LogP contribution in [-0.4, -0.2) is 29.1 Å². The van der Waals surface area contributed by atoms with Crippen LogP contribution in [0.25, 0.3) is 0 Å². The van der Waals surface area contributed by atoms with Gasteiger partial charge in [0.25, 0.3) is 0 Å². The molecule has 3 heteroatoms. The number of nitrogens with zero attached hydrogens (tertiary/aromatic N) is 1. The number of carboxylic acid groups (broad SMARTS) is 1. The summed E-state index contributed by atoms with van der Waals surface area (Å²) >= 11 is 0. The third kappa shape index (κ3) is 17.1. The largest absolute Gasteiger partial charge is 0.478 e. The molecule has 166 valence electrons. The van der Waals surface area contributed by atoms with Crippen molar-refractivity contribution in [3.8, 4) is 0 Å². The second-order valence-corrected chi connectivity index (χ2v) is 8.23. The van der Waals surface area contributed by atoms with Crippen LogP contribution in [0, 0.1) is 0 Å². The van der Waals surface area contributed by atoms with Crippen molar-refractivity contribution in [1.29, 1.82) is 0 Å². The lowest BCUT2D eigenvalue weighted by Crippen LogP contribution is -2.18. The zero-order valence-electron chi connectivity index (χ0n) is 19.3. The van der Waals surface area contributed by atoms with Crippen molar-refractivity contribution in [2.45, 2.75) is 130 Å². The van der Waals surface area contributed by atoms with Crippen molar-refractivity contribution in [3.05, 3.63) is 11.8 Å². The van der Waals surface area contributed by atoms with Crippen molar-refractivity contribution in [2.24, 2.45) is 0 Å². The molecule has 0 bridgehead atoms. The molecule has 0 radical (unpaired) electrons. The van der Waals surface area contributed by atoms with E-state index >= 15 is 0 Å². The average molecular weight is 396 g/mol. The van der Waals surface area contributed by atoms with Gasteiger partial charge in [-0.3, -0.25) is 0 Å². The van der Waals surface area contributed by atoms with E-state index in [2.05, 4.69) is 25.7 Å². The zero-order valence-corrected chi connectivity index (χ0v) is 19.3. The van der Waals surface area contributed by atoms with E-state index in [1.165, 1.54) is 89.9 Å². The van der Waals surface area contributed by atoms with Gasteiger partial charge in [-0.2, -0.15) is 0 Å². The van der Waals surface area contributed by atoms with Crippen LogP contribution < -0.4 is 0 Å². The minimum atomic E-state index is -0.757. The maximum atomic E-state index is 11.4. The Bertz CT molecular complexity index is 375. The fourth-order valence-corrected chi connectivity index (χ4v) is 3.72. The minimum Gasteiger partial charge on any atom is -0.478 e. The number of aliphatic carboxylic acids is 1. The molecule has 0 aromatic heterocycles. The average Bonchev–Trinajstić information content (AvgIpc) is 2.69. The molecule has 0 aromatic rings. The molecule has 0 saturated carbocycles. The first-order valence-corrected chi connectivity index (χ1v) is 12.3. The first-order valence-electron chi connectivity index (χ1n) is 12.3. The standard InChI is InChI=1S/C25H49NO2/c1-4-7-8-9-10-11-12-13-14-15-16-17-18-19-20-21-22-24(25(27)28)23-26(5-2)6-3/h23H,4-22H2,1-3H3,(H,27,28). The molecule has 0 heterocycles. The molecule has 0 fully saturated rings. The van der Waals surface area contributed by atoms with E-state index in [-0.39, 0.29) is 0 Å². The molecular weight excluding hydrogens is 346 g/mol. The quantitative estimate of drug-likeness (QED) is 0.158. The fraction of sp³-hybridized carbons (Fsp3) is 0.880. The molecule has 28 heavy (non-hydrogen) atoms. The van der Waals surface area contributed by atoms with Crippen LogP contribution >= 0.6 is 0 Å². The maximum Gasteiger partial charge on any atom is 0.333 e. The van der Waals surface area contributed by atoms with E-state index < -0.39 is 5.97 Å². The van der Waals surface area contributed by atoms with E-state index in [1.807, 2.05) is 6.20 Å². The predicted molar refractivity (Wildman–Crippen MR) is 123 cm³/mol. The van der Waals surface area contributed by atoms with Crippen molar-refractivity contribution in [3.63, 3.8) is 0 Å². The fourth-order valence-electron chi connectivity index (χ4n) is 3.72. The topological polar surface area (TPSA) is 40.5 Å². The molecule has 0 aromatic carbocycles. The summed E-state index contributed by atoms with van der Waals surface area (Å²) in [6.45, 7) is 8.14. The smallest absolute Gasteiger partial charge is 0.333 e. The van der Waals surface area contributed by atoms with Crippen molar-refractivity contribution < 1.29 is 9.90 Å². The first kappa shape index (κ1) is 27.0. The summed E-state index contributed by atoms with van der Waals surface area (Å²) in [5.74, 6) is -0.757. The van der Waals surface area contributed by atoms with Gasteiger partial charge in [0, 0.05) is 19.3 Å². The molecule has 0 atom stereocenters. The van der Waals surface area contributed by atoms with E-state index in [9.17, 15) is 9.90 Å². The Balaban J connectivity index is 3.46. The lowest BCUT2D eigenvalue weighted by molar-refractivity contribution is -0.132. The Kier molecular flexibility index (Phi) is 20.0. The predicted octanol–water partition coefficient (Wildman–Crippen LogP) is 7.95. The van der Waals surface area contributed by atoms with Crippen molar-refractivity contribution in [1.82, 2.24) is 4.90 Å². The number of rotatable bonds is 21. The monoisotopic (exact) mass is 395 g/mol. The molecule has 0 rings (SSSR count). The number of unbranched alkanes of at least 4 members (excludes halogenated alkanes) is 15. The summed E-state index contributed by atoms with van der Waals surface area (Å²) < 4.78 is 0. The van der Waals surface area contributed by atoms with E-state index in [0.717, 1.165) is 25.9 Å². The molecule has 0 aliphatic heterocycles. The molecular formula is C25H49NO2. The van der Waals surface area contributed by atoms with Crippen LogP contribution in [0.3, 0.4) is 0 Å². The van der Waals surface area contributed by atoms with E-state index in [1.54, 1.807) is 0 Å². The van der Waals surface area contributed by atoms with Crippen molar-refractivity contribution in [2.75, 3.05) is 13.1 Å². The summed E-state index contributed by atoms with van der Waals surface area (Å²) in [7, 11) is 0. The maximum absolute atomic E-state index is 11.4. The highest BCUT2D eigenvalue weighted by Gasteiger charge is 2.08. The summed E-state index contributed by atoms with van der Waals surface area (Å²) in [5, 5.41) is 9.34. The zero-order chi connectivity index (χ0) is 20.9. The highest BCUT2D eigenvalue weighted by atomic mass is 16.4. The number of carboxylic acids is 1. The van der Waals surface area contributed by atoms with Gasteiger partial charge < -0.3 is 10.0 Å². The molecule has 0 amide bonds. The molecule has 0 unspecified atom stereocenters. The summed E-state index contributed by atoms with van der Waals surface area (Å²) in [6, 6.07) is 0. The van der Waals surface area contributed by atoms with Gasteiger partial charge >= 0.3 is 5.97 Å². The molecule has 0 aliphatic rings. The van der Waals surface area contributed by atoms with Crippen LogP contribution in [-0.2, 0) is 4.79 Å². The molecule has 0 spiro atoms. The van der Waals surface area contributed by atoms with Crippen LogP contribution in [0.1, 0.15) is 130 Å². The van der Waals surface area contributed by atoms with Gasteiger partial charge in [0.15, 0.2) is 0 Å². The summed E-state index contributed by atoms with van der Waals surface area (Å²) in [6.07, 6.45) is 24.1. The Morgan fingerprint density at radius 1 is 0.643 bits per heavy atom. The Labute approximate surface area is 176 Å². The molecule has 0 aliphatic carbocycles. The minimum absolute atomic E-state index is 0.564. The third-order valence-corrected chi connectivity index (χ3v) is 5.73. The highest BCUT2D eigenvalue weighted by molar-refractivity contribution is 5.86. The Hall–Kier alpha value is -0.990. The normalized spacial score (nSPS) is 11.8. The van der Waals surface area contributed by atoms with E-state index in [0.29, 0.717) is 12.0 Å². The highest BCUT2D eigenvalue weighted by Crippen LogP contribution is 2.15. The Morgan fingerprint density at radius 3 is 1.32 bits per heavy atom. The summed E-state index contributed by atoms with van der Waals surface area (Å²) in [5.41, 5.74) is 0.564. The first-order chi connectivity index (χ1) is 13.7. The number of hydrogen-bond donors (Lipinski definition) is 1. The van der Waals surface area contributed by atoms with Gasteiger partial charge in [0.05, 0.1) is 5.57 Å². The SMILES string of the molecule is CCCCCCCCCCCCCCCCCCC(=CN(CC)CC)C(=O)O. The van der Waals surface area contributed by atoms with E-state index in [4.69, 9.17) is 0 Å². The van der Waals surface area contributed by atoms with Crippen LogP contribution in [0.2, 0.25) is 0 Å². The van der Waals surface area contributed by atoms with Gasteiger partial charge in [-0.1, -0.05) is 103 Å². The number of hydrogen-bond acceptors (Lipinski definition) is 2. The van der Waals surface area contributed by atoms with Gasteiger partial charge in [-0.25, -0.2) is 4.79 Å². The van der Waals surface area contributed by atoms with Crippen LogP contribution in [0.15, 0.2) is 11.8 Å². The lowest BCUT2D eigenvalue weighted by Gasteiger charge is -2.16. The van der Waals surface area contributed by atoms with Gasteiger partial charge in [0.1, 0.15) is 0 Å². The molecule has 0 saturated heterocycles. The number of carbonyl (C=O) groups is 1. The van der Waals surface area contributed by atoms with Crippen LogP contribution in [0.5, 0.6) is 0 Å². The van der Waals surface area contributed by atoms with Gasteiger partial charge in [-0.15, -0.1) is 0 Å². The van der Waals surface area contributed by atoms with Crippen molar-refractivity contribution >= 4 is 5.97 Å². The summed E-state index contributed by atoms with van der Waals surface area (Å²) in [4.78, 5) is 13.4. The lowest BCUT2D eigenvalue weighted by atomic mass is 10.0.